The van der Waals surface area contributed by atoms with Gasteiger partial charge in [0.05, 0.1) is 0 Å². The van der Waals surface area contributed by atoms with Gasteiger partial charge >= 0.3 is 7.12 Å². The summed E-state index contributed by atoms with van der Waals surface area (Å²) in [5.74, 6) is -0.738. The standard InChI is InChI=1S/C6H11BFNO2/c1-3-4-5(7(10)11)6(8)9-2/h3-4,9-11H,1-2H3/b4-3-,6-5+. The van der Waals surface area contributed by atoms with Crippen molar-refractivity contribution in [2.24, 2.45) is 0 Å². The molecule has 3 nitrogen and oxygen atoms in total. The molecule has 62 valence electrons. The summed E-state index contributed by atoms with van der Waals surface area (Å²) < 4.78 is 12.6. The molecule has 0 saturated heterocycles. The molecule has 11 heavy (non-hydrogen) atoms. The molecule has 0 aromatic rings. The van der Waals surface area contributed by atoms with Gasteiger partial charge in [-0.1, -0.05) is 12.2 Å². The maximum Gasteiger partial charge on any atom is 0.493 e. The molecule has 0 aliphatic rings. The van der Waals surface area contributed by atoms with Gasteiger partial charge in [-0.25, -0.2) is 0 Å². The Balaban J connectivity index is 4.57. The Labute approximate surface area is 65.4 Å². The fourth-order valence-corrected chi connectivity index (χ4v) is 0.596. The molecule has 0 radical (unpaired) electrons. The van der Waals surface area contributed by atoms with Gasteiger partial charge in [0.25, 0.3) is 0 Å². The summed E-state index contributed by atoms with van der Waals surface area (Å²) in [4.78, 5) is 0. The molecule has 0 spiro atoms. The minimum atomic E-state index is -1.78. The molecule has 0 aromatic carbocycles. The van der Waals surface area contributed by atoms with Crippen LogP contribution < -0.4 is 5.32 Å². The second-order valence-corrected chi connectivity index (χ2v) is 1.89. The second-order valence-electron chi connectivity index (χ2n) is 1.89. The molecule has 3 N–H and O–H groups in total. The SMILES string of the molecule is C/C=C\C(B(O)O)=C(\F)NC. The molecular weight excluding hydrogens is 148 g/mol. The number of hydrogen-bond donors (Lipinski definition) is 3. The average Bonchev–Trinajstić information content (AvgIpc) is 1.98. The molecule has 0 aliphatic carbocycles. The van der Waals surface area contributed by atoms with Crippen molar-refractivity contribution in [2.75, 3.05) is 7.05 Å². The average molecular weight is 159 g/mol. The van der Waals surface area contributed by atoms with E-state index >= 15 is 0 Å². The number of rotatable bonds is 3. The minimum Gasteiger partial charge on any atom is -0.423 e. The van der Waals surface area contributed by atoms with Gasteiger partial charge in [0.15, 0.2) is 5.95 Å². The highest BCUT2D eigenvalue weighted by molar-refractivity contribution is 6.51. The van der Waals surface area contributed by atoms with Gasteiger partial charge in [0, 0.05) is 12.5 Å². The first-order chi connectivity index (χ1) is 5.13. The maximum atomic E-state index is 12.6. The summed E-state index contributed by atoms with van der Waals surface area (Å²) in [6.45, 7) is 1.66. The topological polar surface area (TPSA) is 52.5 Å². The number of hydrogen-bond acceptors (Lipinski definition) is 3. The van der Waals surface area contributed by atoms with Crippen LogP contribution in [0.15, 0.2) is 23.6 Å². The van der Waals surface area contributed by atoms with Crippen LogP contribution in [0.5, 0.6) is 0 Å². The fourth-order valence-electron chi connectivity index (χ4n) is 0.596. The van der Waals surface area contributed by atoms with Gasteiger partial charge in [0.2, 0.25) is 0 Å². The smallest absolute Gasteiger partial charge is 0.423 e. The molecular formula is C6H11BFNO2. The Morgan fingerprint density at radius 1 is 1.55 bits per heavy atom. The molecule has 0 amide bonds. The van der Waals surface area contributed by atoms with E-state index in [0.717, 1.165) is 0 Å². The number of allylic oxidation sites excluding steroid dienone is 3. The maximum absolute atomic E-state index is 12.6. The van der Waals surface area contributed by atoms with Crippen LogP contribution in [0.3, 0.4) is 0 Å². The zero-order valence-corrected chi connectivity index (χ0v) is 6.50. The van der Waals surface area contributed by atoms with E-state index < -0.39 is 13.1 Å². The van der Waals surface area contributed by atoms with Gasteiger partial charge in [0.1, 0.15) is 0 Å². The summed E-state index contributed by atoms with van der Waals surface area (Å²) in [6.07, 6.45) is 2.81. The van der Waals surface area contributed by atoms with Crippen molar-refractivity contribution in [1.29, 1.82) is 0 Å². The van der Waals surface area contributed by atoms with Crippen LogP contribution in [-0.4, -0.2) is 24.2 Å². The van der Waals surface area contributed by atoms with Crippen LogP contribution >= 0.6 is 0 Å². The van der Waals surface area contributed by atoms with Crippen LogP contribution in [-0.2, 0) is 0 Å². The van der Waals surface area contributed by atoms with Gasteiger partial charge in [-0.3, -0.25) is 0 Å². The monoisotopic (exact) mass is 159 g/mol. The third-order valence-electron chi connectivity index (χ3n) is 1.10. The van der Waals surface area contributed by atoms with Crippen LogP contribution in [0, 0.1) is 0 Å². The molecule has 0 fully saturated rings. The van der Waals surface area contributed by atoms with Crippen molar-refractivity contribution in [3.8, 4) is 0 Å². The summed E-state index contributed by atoms with van der Waals surface area (Å²) in [5, 5.41) is 19.4. The predicted octanol–water partition coefficient (Wildman–Crippen LogP) is -0.0250. The van der Waals surface area contributed by atoms with Crippen molar-refractivity contribution in [2.45, 2.75) is 6.92 Å². The van der Waals surface area contributed by atoms with E-state index in [-0.39, 0.29) is 5.47 Å². The van der Waals surface area contributed by atoms with Crippen molar-refractivity contribution >= 4 is 7.12 Å². The van der Waals surface area contributed by atoms with E-state index in [1.165, 1.54) is 19.2 Å². The summed E-state index contributed by atoms with van der Waals surface area (Å²) in [5.41, 5.74) is -0.171. The Kier molecular flexibility index (Phi) is 4.57. The normalized spacial score (nSPS) is 13.2. The first kappa shape index (κ1) is 10.2. The lowest BCUT2D eigenvalue weighted by Crippen LogP contribution is -2.19. The first-order valence-electron chi connectivity index (χ1n) is 3.19. The third-order valence-corrected chi connectivity index (χ3v) is 1.10. The van der Waals surface area contributed by atoms with Gasteiger partial charge in [-0.15, -0.1) is 0 Å². The van der Waals surface area contributed by atoms with E-state index in [4.69, 9.17) is 10.0 Å². The quantitative estimate of drug-likeness (QED) is 0.308. The lowest BCUT2D eigenvalue weighted by atomic mass is 9.79. The zero-order valence-electron chi connectivity index (χ0n) is 6.50. The third kappa shape index (κ3) is 3.20. The molecule has 0 atom stereocenters. The molecule has 0 aliphatic heterocycles. The van der Waals surface area contributed by atoms with E-state index in [1.807, 2.05) is 0 Å². The van der Waals surface area contributed by atoms with Crippen LogP contribution in [0.1, 0.15) is 6.92 Å². The highest BCUT2D eigenvalue weighted by Gasteiger charge is 2.16. The number of nitrogens with one attached hydrogen (secondary N) is 1. The predicted molar refractivity (Wildman–Crippen MR) is 42.2 cm³/mol. The van der Waals surface area contributed by atoms with Gasteiger partial charge in [-0.05, 0) is 6.92 Å². The van der Waals surface area contributed by atoms with Crippen molar-refractivity contribution in [3.05, 3.63) is 23.6 Å². The van der Waals surface area contributed by atoms with E-state index in [9.17, 15) is 4.39 Å². The summed E-state index contributed by atoms with van der Waals surface area (Å²) in [7, 11) is -0.417. The molecule has 5 heteroatoms. The Morgan fingerprint density at radius 2 is 2.09 bits per heavy atom. The van der Waals surface area contributed by atoms with Gasteiger partial charge < -0.3 is 15.4 Å². The fraction of sp³-hybridized carbons (Fsp3) is 0.333. The summed E-state index contributed by atoms with van der Waals surface area (Å²) >= 11 is 0. The molecule has 0 unspecified atom stereocenters. The lowest BCUT2D eigenvalue weighted by molar-refractivity contribution is 0.416. The molecule has 0 saturated carbocycles. The number of halogens is 1. The molecule has 0 heterocycles. The van der Waals surface area contributed by atoms with Crippen molar-refractivity contribution in [1.82, 2.24) is 5.32 Å². The Morgan fingerprint density at radius 3 is 2.36 bits per heavy atom. The minimum absolute atomic E-state index is 0.171. The van der Waals surface area contributed by atoms with Gasteiger partial charge in [-0.2, -0.15) is 4.39 Å². The summed E-state index contributed by atoms with van der Waals surface area (Å²) in [6, 6.07) is 0. The Hall–Kier alpha value is -0.805. The van der Waals surface area contributed by atoms with Crippen LogP contribution in [0.25, 0.3) is 0 Å². The first-order valence-corrected chi connectivity index (χ1v) is 3.19. The van der Waals surface area contributed by atoms with E-state index in [0.29, 0.717) is 0 Å². The van der Waals surface area contributed by atoms with E-state index in [2.05, 4.69) is 5.32 Å². The van der Waals surface area contributed by atoms with Crippen LogP contribution in [0.4, 0.5) is 4.39 Å². The van der Waals surface area contributed by atoms with Crippen molar-refractivity contribution in [3.63, 3.8) is 0 Å². The van der Waals surface area contributed by atoms with Crippen molar-refractivity contribution < 1.29 is 14.4 Å². The largest absolute Gasteiger partial charge is 0.493 e. The lowest BCUT2D eigenvalue weighted by Gasteiger charge is -2.02. The molecule has 0 bridgehead atoms. The Bertz CT molecular complexity index is 179. The highest BCUT2D eigenvalue weighted by atomic mass is 19.1. The highest BCUT2D eigenvalue weighted by Crippen LogP contribution is 2.05. The molecule has 0 rings (SSSR count). The zero-order chi connectivity index (χ0) is 8.85. The van der Waals surface area contributed by atoms with E-state index in [1.54, 1.807) is 6.92 Å². The second kappa shape index (κ2) is 4.93. The van der Waals surface area contributed by atoms with Crippen LogP contribution in [0.2, 0.25) is 0 Å². The molecule has 0 aromatic heterocycles.